The first-order valence-corrected chi connectivity index (χ1v) is 12.9. The lowest BCUT2D eigenvalue weighted by atomic mass is 10.0. The number of carbonyl (C=O) groups excluding carboxylic acids is 1. The van der Waals surface area contributed by atoms with Gasteiger partial charge in [0, 0.05) is 41.8 Å². The van der Waals surface area contributed by atoms with Crippen LogP contribution in [0.2, 0.25) is 0 Å². The number of hydrogen-bond donors (Lipinski definition) is 0. The van der Waals surface area contributed by atoms with Crippen molar-refractivity contribution in [1.82, 2.24) is 14.5 Å². The summed E-state index contributed by atoms with van der Waals surface area (Å²) in [5.41, 5.74) is 4.68. The van der Waals surface area contributed by atoms with Crippen molar-refractivity contribution in [2.24, 2.45) is 0 Å². The molecular formula is C23H27N3O2S2. The maximum Gasteiger partial charge on any atom is 0.257 e. The first-order chi connectivity index (χ1) is 14.6. The fraction of sp³-hybridized carbons (Fsp3) is 0.522. The Balaban J connectivity index is 1.27. The number of aryl methyl sites for hydroxylation is 2. The third-order valence-corrected chi connectivity index (χ3v) is 8.92. The molecule has 2 aromatic rings. The highest BCUT2D eigenvalue weighted by Crippen LogP contribution is 2.37. The molecule has 5 nitrogen and oxygen atoms in total. The molecule has 7 heteroatoms. The molecule has 3 heterocycles. The van der Waals surface area contributed by atoms with Crippen LogP contribution in [-0.2, 0) is 17.6 Å². The summed E-state index contributed by atoms with van der Waals surface area (Å²) in [6.45, 7) is 3.74. The third kappa shape index (κ3) is 3.71. The molecule has 0 radical (unpaired) electrons. The first-order valence-electron chi connectivity index (χ1n) is 10.8. The third-order valence-electron chi connectivity index (χ3n) is 6.51. The maximum atomic E-state index is 13.1. The normalized spacial score (nSPS) is 23.2. The molecule has 0 saturated carbocycles. The van der Waals surface area contributed by atoms with E-state index >= 15 is 0 Å². The molecule has 1 amide bonds. The zero-order valence-corrected chi connectivity index (χ0v) is 18.9. The Morgan fingerprint density at radius 3 is 2.97 bits per heavy atom. The molecule has 2 aliphatic heterocycles. The van der Waals surface area contributed by atoms with E-state index in [4.69, 9.17) is 4.98 Å². The van der Waals surface area contributed by atoms with Crippen molar-refractivity contribution in [3.63, 3.8) is 0 Å². The highest BCUT2D eigenvalue weighted by atomic mass is 32.2. The zero-order valence-electron chi connectivity index (χ0n) is 17.3. The smallest absolute Gasteiger partial charge is 0.257 e. The van der Waals surface area contributed by atoms with Crippen LogP contribution in [0.15, 0.2) is 34.2 Å². The lowest BCUT2D eigenvalue weighted by molar-refractivity contribution is -0.131. The van der Waals surface area contributed by atoms with E-state index in [9.17, 15) is 9.59 Å². The summed E-state index contributed by atoms with van der Waals surface area (Å²) < 4.78 is 1.81. The maximum absolute atomic E-state index is 13.1. The molecule has 0 spiro atoms. The number of rotatable bonds is 3. The Morgan fingerprint density at radius 2 is 2.10 bits per heavy atom. The van der Waals surface area contributed by atoms with Gasteiger partial charge in [-0.2, -0.15) is 11.8 Å². The van der Waals surface area contributed by atoms with Crippen LogP contribution >= 0.6 is 23.5 Å². The Bertz CT molecular complexity index is 1040. The number of fused-ring (bicyclic) bond motifs is 2. The fourth-order valence-corrected chi connectivity index (χ4v) is 7.33. The van der Waals surface area contributed by atoms with E-state index in [2.05, 4.69) is 31.2 Å². The predicted molar refractivity (Wildman–Crippen MR) is 122 cm³/mol. The van der Waals surface area contributed by atoms with Crippen LogP contribution < -0.4 is 5.56 Å². The average Bonchev–Trinajstić information content (AvgIpc) is 3.29. The Kier molecular flexibility index (Phi) is 5.67. The first kappa shape index (κ1) is 20.2. The second-order valence-electron chi connectivity index (χ2n) is 8.40. The Morgan fingerprint density at radius 1 is 1.23 bits per heavy atom. The lowest BCUT2D eigenvalue weighted by Gasteiger charge is -2.23. The van der Waals surface area contributed by atoms with Gasteiger partial charge in [-0.05, 0) is 43.7 Å². The summed E-state index contributed by atoms with van der Waals surface area (Å²) >= 11 is 3.58. The molecule has 0 bridgehead atoms. The molecule has 158 valence electrons. The van der Waals surface area contributed by atoms with Crippen molar-refractivity contribution in [2.45, 2.75) is 55.5 Å². The Hall–Kier alpha value is -1.73. The van der Waals surface area contributed by atoms with Gasteiger partial charge in [-0.25, -0.2) is 4.98 Å². The van der Waals surface area contributed by atoms with E-state index in [0.717, 1.165) is 66.7 Å². The van der Waals surface area contributed by atoms with Gasteiger partial charge < -0.3 is 4.90 Å². The number of benzene rings is 1. The van der Waals surface area contributed by atoms with Gasteiger partial charge in [-0.3, -0.25) is 14.2 Å². The summed E-state index contributed by atoms with van der Waals surface area (Å²) in [6.07, 6.45) is 4.14. The van der Waals surface area contributed by atoms with Crippen molar-refractivity contribution >= 4 is 29.4 Å². The molecule has 0 N–H and O–H groups in total. The Labute approximate surface area is 185 Å². The number of carbonyl (C=O) groups is 1. The van der Waals surface area contributed by atoms with E-state index < -0.39 is 0 Å². The standard InChI is InChI=1S/C23H27N3O2S2/c1-15-5-2-3-6-17(15)20-9-10-25(11-12-29-20)21(27)13-16-14-30-23-24-19-8-4-7-18(19)22(28)26(16)23/h2-3,5-6,16,20H,4,7-14H2,1H3. The van der Waals surface area contributed by atoms with Crippen molar-refractivity contribution in [1.29, 1.82) is 0 Å². The van der Waals surface area contributed by atoms with Gasteiger partial charge in [-0.1, -0.05) is 36.0 Å². The number of aromatic nitrogens is 2. The number of hydrogen-bond acceptors (Lipinski definition) is 5. The molecule has 2 unspecified atom stereocenters. The topological polar surface area (TPSA) is 55.2 Å². The predicted octanol–water partition coefficient (Wildman–Crippen LogP) is 3.78. The van der Waals surface area contributed by atoms with Crippen LogP contribution in [0.1, 0.15) is 52.9 Å². The van der Waals surface area contributed by atoms with Gasteiger partial charge in [0.1, 0.15) is 0 Å². The summed E-state index contributed by atoms with van der Waals surface area (Å²) in [6, 6.07) is 8.51. The summed E-state index contributed by atoms with van der Waals surface area (Å²) in [7, 11) is 0. The van der Waals surface area contributed by atoms with Gasteiger partial charge in [0.25, 0.3) is 5.56 Å². The molecule has 5 rings (SSSR count). The molecule has 2 atom stereocenters. The van der Waals surface area contributed by atoms with Crippen LogP contribution in [0.4, 0.5) is 0 Å². The summed E-state index contributed by atoms with van der Waals surface area (Å²) in [5, 5.41) is 1.26. The molecule has 1 saturated heterocycles. The van der Waals surface area contributed by atoms with Crippen LogP contribution in [0.3, 0.4) is 0 Å². The molecule has 1 aromatic heterocycles. The minimum atomic E-state index is -0.0635. The average molecular weight is 442 g/mol. The largest absolute Gasteiger partial charge is 0.342 e. The van der Waals surface area contributed by atoms with Crippen LogP contribution in [-0.4, -0.2) is 45.0 Å². The minimum absolute atomic E-state index is 0.0635. The molecule has 1 fully saturated rings. The molecule has 30 heavy (non-hydrogen) atoms. The zero-order chi connectivity index (χ0) is 20.7. The van der Waals surface area contributed by atoms with Crippen LogP contribution in [0.25, 0.3) is 0 Å². The van der Waals surface area contributed by atoms with E-state index in [-0.39, 0.29) is 17.5 Å². The van der Waals surface area contributed by atoms with Gasteiger partial charge in [-0.15, -0.1) is 0 Å². The van der Waals surface area contributed by atoms with Gasteiger partial charge in [0.2, 0.25) is 5.91 Å². The molecule has 3 aliphatic rings. The van der Waals surface area contributed by atoms with Crippen LogP contribution in [0.5, 0.6) is 0 Å². The monoisotopic (exact) mass is 441 g/mol. The van der Waals surface area contributed by atoms with E-state index in [1.165, 1.54) is 11.1 Å². The minimum Gasteiger partial charge on any atom is -0.342 e. The van der Waals surface area contributed by atoms with Crippen molar-refractivity contribution < 1.29 is 4.79 Å². The molecular weight excluding hydrogens is 414 g/mol. The summed E-state index contributed by atoms with van der Waals surface area (Å²) in [4.78, 5) is 32.9. The number of thioether (sulfide) groups is 2. The van der Waals surface area contributed by atoms with Gasteiger partial charge >= 0.3 is 0 Å². The quantitative estimate of drug-likeness (QED) is 0.679. The number of amides is 1. The fourth-order valence-electron chi connectivity index (χ4n) is 4.85. The van der Waals surface area contributed by atoms with Crippen molar-refractivity contribution in [2.75, 3.05) is 24.6 Å². The van der Waals surface area contributed by atoms with E-state index in [1.807, 2.05) is 21.2 Å². The molecule has 1 aliphatic carbocycles. The van der Waals surface area contributed by atoms with Crippen LogP contribution in [0, 0.1) is 6.92 Å². The van der Waals surface area contributed by atoms with Gasteiger partial charge in [0.05, 0.1) is 11.7 Å². The van der Waals surface area contributed by atoms with Crippen molar-refractivity contribution in [3.8, 4) is 0 Å². The second-order valence-corrected chi connectivity index (χ2v) is 10.7. The van der Waals surface area contributed by atoms with Crippen molar-refractivity contribution in [3.05, 3.63) is 57.0 Å². The van der Waals surface area contributed by atoms with E-state index in [1.54, 1.807) is 11.8 Å². The highest BCUT2D eigenvalue weighted by Gasteiger charge is 2.32. The lowest BCUT2D eigenvalue weighted by Crippen LogP contribution is -2.36. The summed E-state index contributed by atoms with van der Waals surface area (Å²) in [5.74, 6) is 1.90. The SMILES string of the molecule is Cc1ccccc1C1CCN(C(=O)CC2CSc3nc4c(c(=O)n32)CCC4)CCS1. The highest BCUT2D eigenvalue weighted by molar-refractivity contribution is 7.99. The molecule has 1 aromatic carbocycles. The second kappa shape index (κ2) is 8.42. The number of nitrogens with zero attached hydrogens (tertiary/aromatic N) is 3. The van der Waals surface area contributed by atoms with Gasteiger partial charge in [0.15, 0.2) is 5.16 Å². The van der Waals surface area contributed by atoms with E-state index in [0.29, 0.717) is 11.7 Å².